The summed E-state index contributed by atoms with van der Waals surface area (Å²) in [6.07, 6.45) is 4.22. The number of nitrogens with zero attached hydrogens (tertiary/aromatic N) is 4. The van der Waals surface area contributed by atoms with Crippen molar-refractivity contribution in [1.29, 1.82) is 0 Å². The zero-order valence-corrected chi connectivity index (χ0v) is 12.2. The molecule has 0 bridgehead atoms. The minimum Gasteiger partial charge on any atom is -0.467 e. The summed E-state index contributed by atoms with van der Waals surface area (Å²) >= 11 is 5.76. The summed E-state index contributed by atoms with van der Waals surface area (Å²) in [6.45, 7) is 0.480. The van der Waals surface area contributed by atoms with Crippen molar-refractivity contribution in [1.82, 2.24) is 9.97 Å². The molecule has 8 nitrogen and oxygen atoms in total. The molecule has 1 aromatic heterocycles. The summed E-state index contributed by atoms with van der Waals surface area (Å²) in [5.74, 6) is -0.363. The van der Waals surface area contributed by atoms with E-state index in [0.29, 0.717) is 13.0 Å². The highest BCUT2D eigenvalue weighted by Gasteiger charge is 2.33. The Morgan fingerprint density at radius 3 is 2.95 bits per heavy atom. The average Bonchev–Trinajstić information content (AvgIpc) is 2.71. The fourth-order valence-electron chi connectivity index (χ4n) is 2.43. The van der Waals surface area contributed by atoms with Crippen LogP contribution in [-0.2, 0) is 9.53 Å². The van der Waals surface area contributed by atoms with Gasteiger partial charge < -0.3 is 9.64 Å². The molecule has 0 spiro atoms. The van der Waals surface area contributed by atoms with Crippen LogP contribution in [-0.4, -0.2) is 40.6 Å². The van der Waals surface area contributed by atoms with Crippen molar-refractivity contribution in [3.63, 3.8) is 0 Å². The molecule has 1 aliphatic rings. The quantitative estimate of drug-likeness (QED) is 0.364. The van der Waals surface area contributed by atoms with Crippen LogP contribution in [0.3, 0.4) is 0 Å². The lowest BCUT2D eigenvalue weighted by atomic mass is 10.1. The van der Waals surface area contributed by atoms with Gasteiger partial charge in [-0.25, -0.2) is 9.78 Å². The highest BCUT2D eigenvalue weighted by molar-refractivity contribution is 6.28. The molecule has 0 aliphatic carbocycles. The van der Waals surface area contributed by atoms with Crippen molar-refractivity contribution < 1.29 is 14.5 Å². The predicted molar refractivity (Wildman–Crippen MR) is 75.3 cm³/mol. The number of anilines is 1. The smallest absolute Gasteiger partial charge is 0.329 e. The monoisotopic (exact) mass is 314 g/mol. The Hall–Kier alpha value is -1.96. The van der Waals surface area contributed by atoms with Crippen LogP contribution in [0.25, 0.3) is 0 Å². The van der Waals surface area contributed by atoms with Crippen LogP contribution in [0.5, 0.6) is 0 Å². The number of halogens is 1. The average molecular weight is 315 g/mol. The summed E-state index contributed by atoms with van der Waals surface area (Å²) in [6, 6.07) is -0.595. The molecular weight excluding hydrogens is 300 g/mol. The largest absolute Gasteiger partial charge is 0.467 e. The van der Waals surface area contributed by atoms with E-state index in [2.05, 4.69) is 9.97 Å². The third kappa shape index (κ3) is 3.38. The molecule has 1 fully saturated rings. The predicted octanol–water partition coefficient (Wildman–Crippen LogP) is 1.96. The molecule has 1 aromatic rings. The normalized spacial score (nSPS) is 19.0. The van der Waals surface area contributed by atoms with E-state index in [4.69, 9.17) is 16.3 Å². The number of hydrogen-bond donors (Lipinski definition) is 0. The van der Waals surface area contributed by atoms with Gasteiger partial charge in [0, 0.05) is 6.54 Å². The van der Waals surface area contributed by atoms with Crippen molar-refractivity contribution in [2.24, 2.45) is 0 Å². The van der Waals surface area contributed by atoms with Gasteiger partial charge in [0.25, 0.3) is 0 Å². The molecule has 2 rings (SSSR count). The second-order valence-electron chi connectivity index (χ2n) is 4.69. The first-order chi connectivity index (χ1) is 10.0. The number of rotatable bonds is 3. The summed E-state index contributed by atoms with van der Waals surface area (Å²) < 4.78 is 4.80. The molecule has 0 aromatic carbocycles. The standard InChI is InChI=1S/C12H15ClN4O4/c1-21-11(18)8-5-3-2-4-6-16(8)10-9(17(19)20)7-14-12(13)15-10/h7-8H,2-6H2,1H3. The van der Waals surface area contributed by atoms with Gasteiger partial charge in [-0.3, -0.25) is 10.1 Å². The Balaban J connectivity index is 2.46. The maximum atomic E-state index is 12.0. The molecule has 1 saturated heterocycles. The first-order valence-corrected chi connectivity index (χ1v) is 6.93. The molecule has 1 aliphatic heterocycles. The topological polar surface area (TPSA) is 98.5 Å². The van der Waals surface area contributed by atoms with E-state index >= 15 is 0 Å². The fourth-order valence-corrected chi connectivity index (χ4v) is 2.56. The molecule has 1 atom stereocenters. The van der Waals surface area contributed by atoms with Gasteiger partial charge in [-0.1, -0.05) is 12.8 Å². The van der Waals surface area contributed by atoms with Crippen molar-refractivity contribution in [2.45, 2.75) is 31.7 Å². The minimum absolute atomic E-state index is 0.0669. The first kappa shape index (κ1) is 15.4. The molecular formula is C12H15ClN4O4. The maximum absolute atomic E-state index is 12.0. The number of ether oxygens (including phenoxy) is 1. The summed E-state index contributed by atoms with van der Waals surface area (Å²) in [5.41, 5.74) is -0.268. The van der Waals surface area contributed by atoms with Crippen LogP contribution in [0.1, 0.15) is 25.7 Å². The summed E-state index contributed by atoms with van der Waals surface area (Å²) in [5, 5.41) is 11.1. The molecule has 21 heavy (non-hydrogen) atoms. The zero-order valence-electron chi connectivity index (χ0n) is 11.5. The number of aromatic nitrogens is 2. The van der Waals surface area contributed by atoms with Crippen LogP contribution >= 0.6 is 11.6 Å². The van der Waals surface area contributed by atoms with Crippen LogP contribution < -0.4 is 4.90 Å². The van der Waals surface area contributed by atoms with Gasteiger partial charge in [0.15, 0.2) is 0 Å². The van der Waals surface area contributed by atoms with E-state index < -0.39 is 16.9 Å². The van der Waals surface area contributed by atoms with Crippen molar-refractivity contribution in [3.8, 4) is 0 Å². The third-order valence-electron chi connectivity index (χ3n) is 3.42. The summed E-state index contributed by atoms with van der Waals surface area (Å²) in [7, 11) is 1.30. The highest BCUT2D eigenvalue weighted by Crippen LogP contribution is 2.31. The Morgan fingerprint density at radius 1 is 1.52 bits per heavy atom. The van der Waals surface area contributed by atoms with Crippen LogP contribution in [0.15, 0.2) is 6.20 Å². The second kappa shape index (κ2) is 6.66. The van der Waals surface area contributed by atoms with E-state index in [1.165, 1.54) is 7.11 Å². The molecule has 2 heterocycles. The lowest BCUT2D eigenvalue weighted by Crippen LogP contribution is -2.42. The van der Waals surface area contributed by atoms with E-state index in [1.54, 1.807) is 4.90 Å². The number of methoxy groups -OCH3 is 1. The van der Waals surface area contributed by atoms with E-state index in [1.807, 2.05) is 0 Å². The van der Waals surface area contributed by atoms with Crippen LogP contribution in [0, 0.1) is 10.1 Å². The van der Waals surface area contributed by atoms with Gasteiger partial charge in [-0.15, -0.1) is 0 Å². The van der Waals surface area contributed by atoms with Crippen LogP contribution in [0.2, 0.25) is 5.28 Å². The van der Waals surface area contributed by atoms with Gasteiger partial charge in [-0.05, 0) is 24.4 Å². The molecule has 0 radical (unpaired) electrons. The highest BCUT2D eigenvalue weighted by atomic mass is 35.5. The van der Waals surface area contributed by atoms with Crippen molar-refractivity contribution in [2.75, 3.05) is 18.6 Å². The number of carbonyl (C=O) groups excluding carboxylic acids is 1. The molecule has 0 amide bonds. The molecule has 0 N–H and O–H groups in total. The van der Waals surface area contributed by atoms with Gasteiger partial charge >= 0.3 is 11.7 Å². The third-order valence-corrected chi connectivity index (χ3v) is 3.60. The lowest BCUT2D eigenvalue weighted by Gasteiger charge is -2.28. The maximum Gasteiger partial charge on any atom is 0.329 e. The first-order valence-electron chi connectivity index (χ1n) is 6.56. The lowest BCUT2D eigenvalue weighted by molar-refractivity contribution is -0.384. The fraction of sp³-hybridized carbons (Fsp3) is 0.583. The number of nitro groups is 1. The Kier molecular flexibility index (Phi) is 4.89. The van der Waals surface area contributed by atoms with E-state index in [9.17, 15) is 14.9 Å². The van der Waals surface area contributed by atoms with E-state index in [0.717, 1.165) is 25.5 Å². The number of carbonyl (C=O) groups is 1. The van der Waals surface area contributed by atoms with Crippen LogP contribution in [0.4, 0.5) is 11.5 Å². The molecule has 0 saturated carbocycles. The second-order valence-corrected chi connectivity index (χ2v) is 5.02. The minimum atomic E-state index is -0.595. The Morgan fingerprint density at radius 2 is 2.29 bits per heavy atom. The summed E-state index contributed by atoms with van der Waals surface area (Å²) in [4.78, 5) is 31.7. The Labute approximate surface area is 126 Å². The molecule has 1 unspecified atom stereocenters. The molecule has 114 valence electrons. The van der Waals surface area contributed by atoms with Crippen molar-refractivity contribution >= 4 is 29.1 Å². The van der Waals surface area contributed by atoms with Gasteiger partial charge in [-0.2, -0.15) is 4.98 Å². The SMILES string of the molecule is COC(=O)C1CCCCCN1c1nc(Cl)ncc1[N+](=O)[O-]. The van der Waals surface area contributed by atoms with Gasteiger partial charge in [0.1, 0.15) is 12.2 Å². The number of hydrogen-bond acceptors (Lipinski definition) is 7. The van der Waals surface area contributed by atoms with Crippen molar-refractivity contribution in [3.05, 3.63) is 21.6 Å². The van der Waals surface area contributed by atoms with Gasteiger partial charge in [0.2, 0.25) is 11.1 Å². The van der Waals surface area contributed by atoms with Gasteiger partial charge in [0.05, 0.1) is 12.0 Å². The zero-order chi connectivity index (χ0) is 15.4. The Bertz CT molecular complexity index is 554. The van der Waals surface area contributed by atoms with E-state index in [-0.39, 0.29) is 16.8 Å². The molecule has 9 heteroatoms. The number of esters is 1.